The van der Waals surface area contributed by atoms with Gasteiger partial charge in [-0.05, 0) is 31.7 Å². The Labute approximate surface area is 86.9 Å². The Morgan fingerprint density at radius 2 is 2.07 bits per heavy atom. The fourth-order valence-corrected chi connectivity index (χ4v) is 1.05. The second-order valence-corrected chi connectivity index (χ2v) is 2.76. The van der Waals surface area contributed by atoms with Gasteiger partial charge < -0.3 is 10.6 Å². The van der Waals surface area contributed by atoms with Crippen molar-refractivity contribution in [3.8, 4) is 0 Å². The first-order valence-corrected chi connectivity index (χ1v) is 5.10. The first-order valence-electron chi connectivity index (χ1n) is 5.10. The summed E-state index contributed by atoms with van der Waals surface area (Å²) in [6.07, 6.45) is 1.84. The summed E-state index contributed by atoms with van der Waals surface area (Å²) in [6.45, 7) is 7.73. The summed E-state index contributed by atoms with van der Waals surface area (Å²) in [6, 6.07) is 4.11. The first kappa shape index (κ1) is 13.1. The van der Waals surface area contributed by atoms with E-state index in [9.17, 15) is 0 Å². The lowest BCUT2D eigenvalue weighted by molar-refractivity contribution is 0.631. The Morgan fingerprint density at radius 1 is 1.36 bits per heavy atom. The predicted molar refractivity (Wildman–Crippen MR) is 61.1 cm³/mol. The average molecular weight is 195 g/mol. The zero-order valence-corrected chi connectivity index (χ0v) is 9.59. The van der Waals surface area contributed by atoms with Crippen LogP contribution in [-0.2, 0) is 6.54 Å². The maximum absolute atomic E-state index is 4.12. The molecule has 0 spiro atoms. The number of nitrogens with one attached hydrogen (secondary N) is 2. The summed E-state index contributed by atoms with van der Waals surface area (Å²) in [4.78, 5) is 4.12. The summed E-state index contributed by atoms with van der Waals surface area (Å²) >= 11 is 0. The van der Waals surface area contributed by atoms with E-state index in [1.165, 1.54) is 5.56 Å². The number of hydrogen-bond acceptors (Lipinski definition) is 3. The van der Waals surface area contributed by atoms with Crippen molar-refractivity contribution in [2.75, 3.05) is 13.7 Å². The van der Waals surface area contributed by atoms with E-state index in [2.05, 4.69) is 21.7 Å². The molecule has 0 bridgehead atoms. The molecule has 0 saturated heterocycles. The molecule has 0 amide bonds. The van der Waals surface area contributed by atoms with Gasteiger partial charge in [-0.15, -0.1) is 0 Å². The van der Waals surface area contributed by atoms with Crippen LogP contribution in [0.1, 0.15) is 25.1 Å². The molecular weight excluding hydrogens is 174 g/mol. The van der Waals surface area contributed by atoms with Crippen molar-refractivity contribution in [2.45, 2.75) is 27.3 Å². The Bertz CT molecular complexity index is 236. The van der Waals surface area contributed by atoms with Crippen molar-refractivity contribution in [1.29, 1.82) is 0 Å². The van der Waals surface area contributed by atoms with Crippen molar-refractivity contribution < 1.29 is 0 Å². The third-order valence-corrected chi connectivity index (χ3v) is 1.59. The SMILES string of the molecule is CC.CNCNCc1ccnc(C)c1. The maximum Gasteiger partial charge on any atom is 0.0454 e. The number of rotatable bonds is 4. The predicted octanol–water partition coefficient (Wildman–Crippen LogP) is 1.68. The molecule has 0 saturated carbocycles. The number of aromatic nitrogens is 1. The molecule has 3 nitrogen and oxygen atoms in total. The lowest BCUT2D eigenvalue weighted by Gasteiger charge is -2.03. The lowest BCUT2D eigenvalue weighted by Crippen LogP contribution is -2.25. The largest absolute Gasteiger partial charge is 0.308 e. The van der Waals surface area contributed by atoms with Crippen LogP contribution in [0.4, 0.5) is 0 Å². The van der Waals surface area contributed by atoms with E-state index in [1.807, 2.05) is 40.1 Å². The van der Waals surface area contributed by atoms with Gasteiger partial charge in [0.05, 0.1) is 0 Å². The van der Waals surface area contributed by atoms with Crippen LogP contribution in [0.5, 0.6) is 0 Å². The molecule has 1 heterocycles. The van der Waals surface area contributed by atoms with Crippen molar-refractivity contribution >= 4 is 0 Å². The molecular formula is C11H21N3. The molecule has 0 fully saturated rings. The summed E-state index contributed by atoms with van der Waals surface area (Å²) in [5.74, 6) is 0. The Hall–Kier alpha value is -0.930. The van der Waals surface area contributed by atoms with Crippen LogP contribution in [0, 0.1) is 6.92 Å². The molecule has 0 aliphatic rings. The van der Waals surface area contributed by atoms with E-state index in [0.717, 1.165) is 18.9 Å². The summed E-state index contributed by atoms with van der Waals surface area (Å²) in [5, 5.41) is 6.27. The highest BCUT2D eigenvalue weighted by atomic mass is 15.0. The highest BCUT2D eigenvalue weighted by Gasteiger charge is 1.91. The third-order valence-electron chi connectivity index (χ3n) is 1.59. The molecule has 0 aliphatic heterocycles. The monoisotopic (exact) mass is 195 g/mol. The highest BCUT2D eigenvalue weighted by molar-refractivity contribution is 5.14. The lowest BCUT2D eigenvalue weighted by atomic mass is 10.2. The van der Waals surface area contributed by atoms with Crippen LogP contribution < -0.4 is 10.6 Å². The minimum Gasteiger partial charge on any atom is -0.308 e. The van der Waals surface area contributed by atoms with Gasteiger partial charge in [0.25, 0.3) is 0 Å². The van der Waals surface area contributed by atoms with Gasteiger partial charge in [-0.1, -0.05) is 13.8 Å². The zero-order valence-electron chi connectivity index (χ0n) is 9.59. The number of hydrogen-bond donors (Lipinski definition) is 2. The normalized spacial score (nSPS) is 9.14. The quantitative estimate of drug-likeness (QED) is 0.567. The fraction of sp³-hybridized carbons (Fsp3) is 0.545. The van der Waals surface area contributed by atoms with E-state index < -0.39 is 0 Å². The van der Waals surface area contributed by atoms with Gasteiger partial charge in [0.2, 0.25) is 0 Å². The molecule has 1 aromatic heterocycles. The average Bonchev–Trinajstić information content (AvgIpc) is 2.21. The van der Waals surface area contributed by atoms with E-state index in [1.54, 1.807) is 0 Å². The second-order valence-electron chi connectivity index (χ2n) is 2.76. The molecule has 0 radical (unpaired) electrons. The van der Waals surface area contributed by atoms with Gasteiger partial charge in [0.1, 0.15) is 0 Å². The summed E-state index contributed by atoms with van der Waals surface area (Å²) in [7, 11) is 1.92. The fourth-order valence-electron chi connectivity index (χ4n) is 1.05. The second kappa shape index (κ2) is 8.66. The molecule has 0 unspecified atom stereocenters. The van der Waals surface area contributed by atoms with Crippen molar-refractivity contribution in [2.24, 2.45) is 0 Å². The van der Waals surface area contributed by atoms with Crippen LogP contribution in [0.25, 0.3) is 0 Å². The van der Waals surface area contributed by atoms with Crippen molar-refractivity contribution in [3.05, 3.63) is 29.6 Å². The Balaban J connectivity index is 0.000000791. The topological polar surface area (TPSA) is 37.0 Å². The summed E-state index contributed by atoms with van der Waals surface area (Å²) < 4.78 is 0. The van der Waals surface area contributed by atoms with E-state index in [4.69, 9.17) is 0 Å². The van der Waals surface area contributed by atoms with Crippen LogP contribution in [0.15, 0.2) is 18.3 Å². The molecule has 80 valence electrons. The van der Waals surface area contributed by atoms with Crippen LogP contribution >= 0.6 is 0 Å². The highest BCUT2D eigenvalue weighted by Crippen LogP contribution is 1.99. The first-order chi connectivity index (χ1) is 6.83. The van der Waals surface area contributed by atoms with Gasteiger partial charge in [-0.25, -0.2) is 0 Å². The molecule has 0 atom stereocenters. The van der Waals surface area contributed by atoms with Gasteiger partial charge in [0, 0.05) is 25.1 Å². The van der Waals surface area contributed by atoms with Crippen LogP contribution in [0.3, 0.4) is 0 Å². The molecule has 0 aliphatic carbocycles. The number of nitrogens with zero attached hydrogens (tertiary/aromatic N) is 1. The van der Waals surface area contributed by atoms with Crippen LogP contribution in [-0.4, -0.2) is 18.7 Å². The smallest absolute Gasteiger partial charge is 0.0454 e. The van der Waals surface area contributed by atoms with Crippen LogP contribution in [0.2, 0.25) is 0 Å². The van der Waals surface area contributed by atoms with Gasteiger partial charge in [-0.3, -0.25) is 4.98 Å². The minimum atomic E-state index is 0.835. The zero-order chi connectivity index (χ0) is 10.8. The molecule has 3 heteroatoms. The Kier molecular flexibility index (Phi) is 8.08. The van der Waals surface area contributed by atoms with Gasteiger partial charge in [-0.2, -0.15) is 0 Å². The number of aryl methyl sites for hydroxylation is 1. The maximum atomic E-state index is 4.12. The van der Waals surface area contributed by atoms with Gasteiger partial charge >= 0.3 is 0 Å². The molecule has 1 rings (SSSR count). The standard InChI is InChI=1S/C9H15N3.C2H6/c1-8-5-9(3-4-12-8)6-11-7-10-2;1-2/h3-5,10-11H,6-7H2,1-2H3;1-2H3. The van der Waals surface area contributed by atoms with E-state index >= 15 is 0 Å². The molecule has 2 N–H and O–H groups in total. The van der Waals surface area contributed by atoms with Crippen molar-refractivity contribution in [3.63, 3.8) is 0 Å². The molecule has 14 heavy (non-hydrogen) atoms. The van der Waals surface area contributed by atoms with Crippen molar-refractivity contribution in [1.82, 2.24) is 15.6 Å². The molecule has 0 aromatic carbocycles. The molecule has 1 aromatic rings. The van der Waals surface area contributed by atoms with E-state index in [-0.39, 0.29) is 0 Å². The number of pyridine rings is 1. The third kappa shape index (κ3) is 5.67. The van der Waals surface area contributed by atoms with E-state index in [0.29, 0.717) is 0 Å². The minimum absolute atomic E-state index is 0.835. The summed E-state index contributed by atoms with van der Waals surface area (Å²) in [5.41, 5.74) is 2.34. The van der Waals surface area contributed by atoms with Gasteiger partial charge in [0.15, 0.2) is 0 Å². The Morgan fingerprint density at radius 3 is 2.64 bits per heavy atom.